The number of carbonyl (C=O) groups is 3. The summed E-state index contributed by atoms with van der Waals surface area (Å²) < 4.78 is 0. The molecule has 3 amide bonds. The van der Waals surface area contributed by atoms with Gasteiger partial charge in [0.2, 0.25) is 5.91 Å². The maximum Gasteiger partial charge on any atom is 0.255 e. The third kappa shape index (κ3) is 3.74. The van der Waals surface area contributed by atoms with Gasteiger partial charge in [0.25, 0.3) is 11.8 Å². The molecule has 1 aliphatic heterocycles. The lowest BCUT2D eigenvalue weighted by Crippen LogP contribution is -2.61. The van der Waals surface area contributed by atoms with Gasteiger partial charge in [-0.25, -0.2) is 0 Å². The molecular formula is C30H32N4O3. The van der Waals surface area contributed by atoms with Crippen molar-refractivity contribution in [3.63, 3.8) is 0 Å². The van der Waals surface area contributed by atoms with Crippen LogP contribution in [0.4, 0.5) is 0 Å². The maximum atomic E-state index is 14.4. The summed E-state index contributed by atoms with van der Waals surface area (Å²) in [5.74, 6) is 1.42. The Morgan fingerprint density at radius 2 is 1.57 bits per heavy atom. The second-order valence-electron chi connectivity index (χ2n) is 11.7. The summed E-state index contributed by atoms with van der Waals surface area (Å²) >= 11 is 0. The average molecular weight is 497 g/mol. The highest BCUT2D eigenvalue weighted by Gasteiger charge is 2.52. The highest BCUT2D eigenvalue weighted by Crippen LogP contribution is 2.55. The van der Waals surface area contributed by atoms with Crippen molar-refractivity contribution >= 4 is 28.6 Å². The van der Waals surface area contributed by atoms with E-state index in [1.807, 2.05) is 30.5 Å². The van der Waals surface area contributed by atoms with Gasteiger partial charge in [-0.15, -0.1) is 0 Å². The van der Waals surface area contributed by atoms with Gasteiger partial charge >= 0.3 is 0 Å². The van der Waals surface area contributed by atoms with E-state index in [1.54, 1.807) is 29.2 Å². The summed E-state index contributed by atoms with van der Waals surface area (Å²) in [5, 5.41) is 7.38. The fourth-order valence-corrected chi connectivity index (χ4v) is 8.12. The fraction of sp³-hybridized carbons (Fsp3) is 0.433. The molecule has 1 unspecified atom stereocenters. The number of rotatable bonds is 4. The molecule has 2 heterocycles. The van der Waals surface area contributed by atoms with E-state index in [1.165, 1.54) is 19.3 Å². The molecule has 1 aromatic heterocycles. The van der Waals surface area contributed by atoms with Crippen molar-refractivity contribution in [1.82, 2.24) is 20.5 Å². The highest BCUT2D eigenvalue weighted by atomic mass is 16.2. The molecule has 7 heteroatoms. The molecule has 0 radical (unpaired) electrons. The van der Waals surface area contributed by atoms with Crippen LogP contribution in [0, 0.1) is 17.8 Å². The van der Waals surface area contributed by atoms with Gasteiger partial charge in [-0.2, -0.15) is 0 Å². The summed E-state index contributed by atoms with van der Waals surface area (Å²) in [6.45, 7) is 0.528. The number of H-pyrrole nitrogens is 1. The van der Waals surface area contributed by atoms with Crippen LogP contribution >= 0.6 is 0 Å². The molecule has 0 saturated heterocycles. The molecule has 4 saturated carbocycles. The van der Waals surface area contributed by atoms with Crippen molar-refractivity contribution in [2.24, 2.45) is 17.8 Å². The van der Waals surface area contributed by atoms with Crippen LogP contribution in [0.2, 0.25) is 0 Å². The lowest BCUT2D eigenvalue weighted by Gasteiger charge is -2.57. The third-order valence-electron chi connectivity index (χ3n) is 9.20. The van der Waals surface area contributed by atoms with Gasteiger partial charge in [0, 0.05) is 41.3 Å². The Morgan fingerprint density at radius 3 is 2.30 bits per heavy atom. The molecule has 0 spiro atoms. The van der Waals surface area contributed by atoms with Crippen LogP contribution in [0.5, 0.6) is 0 Å². The monoisotopic (exact) mass is 496 g/mol. The molecule has 3 aromatic rings. The van der Waals surface area contributed by atoms with Gasteiger partial charge in [0.05, 0.1) is 11.1 Å². The molecule has 7 nitrogen and oxygen atoms in total. The molecule has 4 bridgehead atoms. The standard InChI is InChI=1S/C30H32N4O3/c35-27-22-6-1-2-7-23(22)29(37)34(10-9-31-27)26(24-17-32-25-8-4-3-5-21(24)25)28(36)33-30-14-18-11-19(15-30)13-20(12-18)16-30/h1-8,17-20,26,32H,9-16H2,(H,31,35)(H,33,36). The molecule has 190 valence electrons. The molecule has 4 fully saturated rings. The van der Waals surface area contributed by atoms with Crippen LogP contribution < -0.4 is 10.6 Å². The minimum atomic E-state index is -0.806. The van der Waals surface area contributed by atoms with Gasteiger partial charge in [-0.3, -0.25) is 14.4 Å². The summed E-state index contributed by atoms with van der Waals surface area (Å²) in [6, 6.07) is 14.0. The molecule has 5 aliphatic rings. The Bertz CT molecular complexity index is 1370. The number of fused-ring (bicyclic) bond motifs is 2. The van der Waals surface area contributed by atoms with Gasteiger partial charge in [0.1, 0.15) is 6.04 Å². The summed E-state index contributed by atoms with van der Waals surface area (Å²) in [6.07, 6.45) is 8.87. The SMILES string of the molecule is O=C1NCCN(C(C(=O)NC23CC4CC(CC(C4)C2)C3)c2c[nH]c3ccccc23)C(=O)c2ccccc21. The maximum absolute atomic E-state index is 14.4. The third-order valence-corrected chi connectivity index (χ3v) is 9.20. The van der Waals surface area contributed by atoms with E-state index < -0.39 is 6.04 Å². The zero-order valence-electron chi connectivity index (χ0n) is 20.8. The van der Waals surface area contributed by atoms with Gasteiger partial charge in [-0.05, 0) is 74.5 Å². The zero-order valence-corrected chi connectivity index (χ0v) is 20.8. The number of para-hydroxylation sites is 1. The first-order chi connectivity index (χ1) is 18.0. The quantitative estimate of drug-likeness (QED) is 0.506. The Labute approximate surface area is 216 Å². The van der Waals surface area contributed by atoms with E-state index in [0.29, 0.717) is 28.9 Å². The number of amides is 3. The Morgan fingerprint density at radius 1 is 0.919 bits per heavy atom. The highest BCUT2D eigenvalue weighted by molar-refractivity contribution is 6.09. The van der Waals surface area contributed by atoms with E-state index in [-0.39, 0.29) is 36.3 Å². The van der Waals surface area contributed by atoms with Crippen LogP contribution in [0.15, 0.2) is 54.7 Å². The van der Waals surface area contributed by atoms with Gasteiger partial charge < -0.3 is 20.5 Å². The predicted molar refractivity (Wildman–Crippen MR) is 140 cm³/mol. The Hall–Kier alpha value is -3.61. The van der Waals surface area contributed by atoms with Crippen molar-refractivity contribution < 1.29 is 14.4 Å². The number of hydrogen-bond donors (Lipinski definition) is 3. The molecular weight excluding hydrogens is 464 g/mol. The van der Waals surface area contributed by atoms with E-state index in [9.17, 15) is 14.4 Å². The molecule has 2 aromatic carbocycles. The number of hydrogen-bond acceptors (Lipinski definition) is 3. The van der Waals surface area contributed by atoms with E-state index in [2.05, 4.69) is 15.6 Å². The second kappa shape index (κ2) is 8.47. The number of nitrogens with zero attached hydrogens (tertiary/aromatic N) is 1. The van der Waals surface area contributed by atoms with Gasteiger partial charge in [-0.1, -0.05) is 30.3 Å². The topological polar surface area (TPSA) is 94.3 Å². The summed E-state index contributed by atoms with van der Waals surface area (Å²) in [7, 11) is 0. The van der Waals surface area contributed by atoms with E-state index in [4.69, 9.17) is 0 Å². The fourth-order valence-electron chi connectivity index (χ4n) is 8.12. The number of carbonyl (C=O) groups excluding carboxylic acids is 3. The first kappa shape index (κ1) is 22.6. The van der Waals surface area contributed by atoms with Crippen molar-refractivity contribution in [1.29, 1.82) is 0 Å². The smallest absolute Gasteiger partial charge is 0.255 e. The molecule has 4 aliphatic carbocycles. The number of benzene rings is 2. The average Bonchev–Trinajstić information content (AvgIpc) is 3.29. The van der Waals surface area contributed by atoms with Gasteiger partial charge in [0.15, 0.2) is 0 Å². The number of aromatic nitrogens is 1. The molecule has 8 rings (SSSR count). The normalized spacial score (nSPS) is 29.4. The Kier molecular flexibility index (Phi) is 5.17. The van der Waals surface area contributed by atoms with E-state index >= 15 is 0 Å². The van der Waals surface area contributed by atoms with Crippen molar-refractivity contribution in [3.8, 4) is 0 Å². The van der Waals surface area contributed by atoms with E-state index in [0.717, 1.165) is 35.7 Å². The van der Waals surface area contributed by atoms with Crippen LogP contribution in [-0.2, 0) is 4.79 Å². The minimum absolute atomic E-state index is 0.121. The summed E-state index contributed by atoms with van der Waals surface area (Å²) in [5.41, 5.74) is 2.21. The lowest BCUT2D eigenvalue weighted by atomic mass is 9.53. The molecule has 1 atom stereocenters. The Balaban J connectivity index is 1.30. The second-order valence-corrected chi connectivity index (χ2v) is 11.7. The number of aromatic amines is 1. The summed E-state index contributed by atoms with van der Waals surface area (Å²) in [4.78, 5) is 46.0. The van der Waals surface area contributed by atoms with Crippen LogP contribution in [-0.4, -0.2) is 46.2 Å². The minimum Gasteiger partial charge on any atom is -0.361 e. The van der Waals surface area contributed by atoms with Crippen LogP contribution in [0.1, 0.15) is 70.8 Å². The van der Waals surface area contributed by atoms with Crippen LogP contribution in [0.3, 0.4) is 0 Å². The van der Waals surface area contributed by atoms with Crippen LogP contribution in [0.25, 0.3) is 10.9 Å². The van der Waals surface area contributed by atoms with Crippen molar-refractivity contribution in [3.05, 3.63) is 71.4 Å². The lowest BCUT2D eigenvalue weighted by molar-refractivity contribution is -0.131. The molecule has 3 N–H and O–H groups in total. The zero-order chi connectivity index (χ0) is 25.1. The molecule has 37 heavy (non-hydrogen) atoms. The first-order valence-corrected chi connectivity index (χ1v) is 13.6. The van der Waals surface area contributed by atoms with Crippen molar-refractivity contribution in [2.45, 2.75) is 50.1 Å². The predicted octanol–water partition coefficient (Wildman–Crippen LogP) is 4.18. The largest absolute Gasteiger partial charge is 0.361 e. The number of nitrogens with one attached hydrogen (secondary N) is 3. The van der Waals surface area contributed by atoms with Crippen molar-refractivity contribution in [2.75, 3.05) is 13.1 Å². The first-order valence-electron chi connectivity index (χ1n) is 13.6.